The predicted octanol–water partition coefficient (Wildman–Crippen LogP) is 3.88. The Kier molecular flexibility index (Phi) is 4.16. The van der Waals surface area contributed by atoms with Crippen LogP contribution in [0, 0.1) is 11.6 Å². The van der Waals surface area contributed by atoms with Gasteiger partial charge in [-0.1, -0.05) is 0 Å². The molecule has 8 heteroatoms. The summed E-state index contributed by atoms with van der Waals surface area (Å²) in [6.45, 7) is 2.80. The van der Waals surface area contributed by atoms with Crippen molar-refractivity contribution in [2.75, 3.05) is 25.0 Å². The molecule has 0 spiro atoms. The average Bonchev–Trinajstić information content (AvgIpc) is 3.06. The van der Waals surface area contributed by atoms with Crippen molar-refractivity contribution in [3.05, 3.63) is 35.3 Å². The van der Waals surface area contributed by atoms with Crippen LogP contribution in [0.3, 0.4) is 0 Å². The van der Waals surface area contributed by atoms with Gasteiger partial charge in [-0.2, -0.15) is 0 Å². The number of amides is 1. The summed E-state index contributed by atoms with van der Waals surface area (Å²) >= 11 is 1.13. The molecule has 1 N–H and O–H groups in total. The van der Waals surface area contributed by atoms with Crippen LogP contribution in [0.2, 0.25) is 0 Å². The number of halogens is 2. The standard InChI is InChI=1S/C17H17F2N3O2S/c18-11-1-2-13(19)12(9-11)14-15(20-10-25-14)21-16(23)24-17-3-6-22(7-4-17)8-5-17/h1-2,9-10H,3-8H2,(H,21,23). The maximum atomic E-state index is 14.0. The van der Waals surface area contributed by atoms with Crippen LogP contribution in [-0.4, -0.2) is 41.2 Å². The van der Waals surface area contributed by atoms with Gasteiger partial charge in [0.05, 0.1) is 10.4 Å². The Bertz CT molecular complexity index is 789. The van der Waals surface area contributed by atoms with Crippen molar-refractivity contribution in [3.8, 4) is 10.4 Å². The highest BCUT2D eigenvalue weighted by atomic mass is 32.1. The Hall–Kier alpha value is -2.06. The topological polar surface area (TPSA) is 54.5 Å². The van der Waals surface area contributed by atoms with Gasteiger partial charge in [0, 0.05) is 44.5 Å². The molecule has 3 aliphatic rings. The van der Waals surface area contributed by atoms with Gasteiger partial charge < -0.3 is 9.64 Å². The van der Waals surface area contributed by atoms with Crippen LogP contribution in [0.5, 0.6) is 0 Å². The first-order valence-electron chi connectivity index (χ1n) is 8.16. The molecule has 3 saturated heterocycles. The predicted molar refractivity (Wildman–Crippen MR) is 90.6 cm³/mol. The molecule has 132 valence electrons. The monoisotopic (exact) mass is 365 g/mol. The van der Waals surface area contributed by atoms with E-state index in [4.69, 9.17) is 4.74 Å². The highest BCUT2D eigenvalue weighted by Crippen LogP contribution is 2.37. The molecule has 0 atom stereocenters. The Balaban J connectivity index is 1.51. The third-order valence-corrected chi connectivity index (χ3v) is 5.78. The van der Waals surface area contributed by atoms with Crippen molar-refractivity contribution in [1.82, 2.24) is 9.88 Å². The summed E-state index contributed by atoms with van der Waals surface area (Å²) in [6.07, 6.45) is 1.87. The number of rotatable bonds is 3. The van der Waals surface area contributed by atoms with Gasteiger partial charge in [0.2, 0.25) is 0 Å². The number of hydrogen-bond acceptors (Lipinski definition) is 5. The van der Waals surface area contributed by atoms with Crippen LogP contribution in [-0.2, 0) is 4.74 Å². The number of nitrogens with zero attached hydrogens (tertiary/aromatic N) is 2. The van der Waals surface area contributed by atoms with Crippen LogP contribution in [0.1, 0.15) is 19.3 Å². The first-order valence-corrected chi connectivity index (χ1v) is 9.04. The number of thiazole rings is 1. The van der Waals surface area contributed by atoms with Gasteiger partial charge in [0.25, 0.3) is 0 Å². The average molecular weight is 365 g/mol. The van der Waals surface area contributed by atoms with E-state index in [1.165, 1.54) is 5.51 Å². The minimum absolute atomic E-state index is 0.0712. The van der Waals surface area contributed by atoms with Crippen LogP contribution < -0.4 is 5.32 Å². The lowest BCUT2D eigenvalue weighted by Gasteiger charge is -2.47. The molecule has 5 nitrogen and oxygen atoms in total. The summed E-state index contributed by atoms with van der Waals surface area (Å²) in [5.74, 6) is -0.935. The first kappa shape index (κ1) is 16.4. The van der Waals surface area contributed by atoms with Gasteiger partial charge in [-0.05, 0) is 18.2 Å². The zero-order valence-electron chi connectivity index (χ0n) is 13.4. The Labute approximate surface area is 147 Å². The van der Waals surface area contributed by atoms with E-state index in [2.05, 4.69) is 15.2 Å². The number of aromatic nitrogens is 1. The summed E-state index contributed by atoms with van der Waals surface area (Å²) < 4.78 is 33.2. The molecule has 1 amide bonds. The normalized spacial score (nSPS) is 25.0. The number of carbonyl (C=O) groups is 1. The van der Waals surface area contributed by atoms with Gasteiger partial charge in [0.15, 0.2) is 5.82 Å². The van der Waals surface area contributed by atoms with Gasteiger partial charge in [-0.3, -0.25) is 5.32 Å². The fourth-order valence-corrected chi connectivity index (χ4v) is 4.23. The number of carbonyl (C=O) groups excluding carboxylic acids is 1. The van der Waals surface area contributed by atoms with E-state index in [9.17, 15) is 13.6 Å². The second-order valence-electron chi connectivity index (χ2n) is 6.44. The molecule has 25 heavy (non-hydrogen) atoms. The van der Waals surface area contributed by atoms with E-state index < -0.39 is 23.3 Å². The van der Waals surface area contributed by atoms with Crippen molar-refractivity contribution in [3.63, 3.8) is 0 Å². The van der Waals surface area contributed by atoms with Gasteiger partial charge >= 0.3 is 6.09 Å². The molecule has 2 bridgehead atoms. The Morgan fingerprint density at radius 1 is 1.24 bits per heavy atom. The van der Waals surface area contributed by atoms with Crippen LogP contribution in [0.25, 0.3) is 10.4 Å². The molecule has 5 rings (SSSR count). The first-order chi connectivity index (χ1) is 12.0. The lowest BCUT2D eigenvalue weighted by molar-refractivity contribution is -0.0742. The van der Waals surface area contributed by atoms with E-state index >= 15 is 0 Å². The molecule has 3 aliphatic heterocycles. The summed E-state index contributed by atoms with van der Waals surface area (Å²) in [7, 11) is 0. The van der Waals surface area contributed by atoms with E-state index in [0.29, 0.717) is 4.88 Å². The maximum absolute atomic E-state index is 14.0. The fourth-order valence-electron chi connectivity index (χ4n) is 3.47. The summed E-state index contributed by atoms with van der Waals surface area (Å²) in [6, 6.07) is 3.20. The van der Waals surface area contributed by atoms with Crippen molar-refractivity contribution in [1.29, 1.82) is 0 Å². The number of hydrogen-bond donors (Lipinski definition) is 1. The number of benzene rings is 1. The van der Waals surface area contributed by atoms with E-state index in [-0.39, 0.29) is 11.4 Å². The fraction of sp³-hybridized carbons (Fsp3) is 0.412. The molecule has 0 aliphatic carbocycles. The number of anilines is 1. The van der Waals surface area contributed by atoms with Crippen molar-refractivity contribution < 1.29 is 18.3 Å². The van der Waals surface area contributed by atoms with E-state index in [1.54, 1.807) is 0 Å². The Morgan fingerprint density at radius 2 is 1.96 bits per heavy atom. The van der Waals surface area contributed by atoms with Crippen molar-refractivity contribution in [2.45, 2.75) is 24.9 Å². The largest absolute Gasteiger partial charge is 0.443 e. The maximum Gasteiger partial charge on any atom is 0.413 e. The summed E-state index contributed by atoms with van der Waals surface area (Å²) in [5, 5.41) is 2.59. The SMILES string of the molecule is O=C(Nc1ncsc1-c1cc(F)ccc1F)OC12CCN(CC1)CC2. The zero-order valence-corrected chi connectivity index (χ0v) is 14.2. The van der Waals surface area contributed by atoms with Crippen LogP contribution >= 0.6 is 11.3 Å². The quantitative estimate of drug-likeness (QED) is 0.897. The smallest absolute Gasteiger partial charge is 0.413 e. The molecule has 0 radical (unpaired) electrons. The third kappa shape index (κ3) is 3.23. The molecule has 4 heterocycles. The number of nitrogens with one attached hydrogen (secondary N) is 1. The van der Waals surface area contributed by atoms with Crippen LogP contribution in [0.15, 0.2) is 23.7 Å². The molecule has 0 unspecified atom stereocenters. The van der Waals surface area contributed by atoms with Gasteiger partial charge in [-0.25, -0.2) is 18.6 Å². The third-order valence-electron chi connectivity index (χ3n) is 4.92. The summed E-state index contributed by atoms with van der Waals surface area (Å²) in [5.41, 5.74) is 1.13. The van der Waals surface area contributed by atoms with Gasteiger partial charge in [-0.15, -0.1) is 11.3 Å². The molecular weight excluding hydrogens is 348 g/mol. The van der Waals surface area contributed by atoms with E-state index in [0.717, 1.165) is 68.4 Å². The molecule has 3 fully saturated rings. The molecule has 1 aromatic carbocycles. The highest BCUT2D eigenvalue weighted by Gasteiger charge is 2.42. The lowest BCUT2D eigenvalue weighted by atomic mass is 9.83. The van der Waals surface area contributed by atoms with Gasteiger partial charge in [0.1, 0.15) is 17.2 Å². The second kappa shape index (κ2) is 6.34. The molecule has 1 aromatic heterocycles. The number of ether oxygens (including phenoxy) is 1. The molecule has 2 aromatic rings. The molecular formula is C17H17F2N3O2S. The lowest BCUT2D eigenvalue weighted by Crippen LogP contribution is -2.54. The summed E-state index contributed by atoms with van der Waals surface area (Å²) in [4.78, 5) is 19.1. The zero-order chi connectivity index (χ0) is 17.4. The number of piperidine rings is 3. The Morgan fingerprint density at radius 3 is 2.68 bits per heavy atom. The highest BCUT2D eigenvalue weighted by molar-refractivity contribution is 7.13. The van der Waals surface area contributed by atoms with Crippen molar-refractivity contribution >= 4 is 23.2 Å². The molecule has 0 saturated carbocycles. The van der Waals surface area contributed by atoms with Crippen molar-refractivity contribution in [2.24, 2.45) is 0 Å². The van der Waals surface area contributed by atoms with E-state index in [1.807, 2.05) is 0 Å². The van der Waals surface area contributed by atoms with Crippen LogP contribution in [0.4, 0.5) is 19.4 Å². The minimum Gasteiger partial charge on any atom is -0.443 e. The number of fused-ring (bicyclic) bond motifs is 3. The second-order valence-corrected chi connectivity index (χ2v) is 7.30. The minimum atomic E-state index is -0.598.